The number of hydrogen-bond donors (Lipinski definition) is 1. The lowest BCUT2D eigenvalue weighted by molar-refractivity contribution is -0.384. The molecule has 1 aromatic rings. The normalized spacial score (nSPS) is 17.6. The number of nitrogens with one attached hydrogen (secondary N) is 1. The molecule has 21 heavy (non-hydrogen) atoms. The molecule has 0 bridgehead atoms. The Kier molecular flexibility index (Phi) is 4.42. The lowest BCUT2D eigenvalue weighted by atomic mass is 10.1. The van der Waals surface area contributed by atoms with Crippen LogP contribution in [0.4, 0.5) is 5.69 Å². The van der Waals surface area contributed by atoms with Crippen LogP contribution in [0.5, 0.6) is 0 Å². The number of nitro benzene ring substituents is 1. The molecule has 0 radical (unpaired) electrons. The van der Waals surface area contributed by atoms with E-state index in [9.17, 15) is 19.7 Å². The van der Waals surface area contributed by atoms with Crippen LogP contribution in [0, 0.1) is 10.1 Å². The van der Waals surface area contributed by atoms with Crippen molar-refractivity contribution in [2.75, 3.05) is 13.6 Å². The highest BCUT2D eigenvalue weighted by Gasteiger charge is 2.34. The number of nitrogens with zero attached hydrogens (tertiary/aromatic N) is 2. The SMILES string of the molecule is CNC(=O)C1CCCN1C(=O)c1ccc(Cl)c([N+](=O)[O-])c1. The van der Waals surface area contributed by atoms with Gasteiger partial charge in [0, 0.05) is 25.2 Å². The number of halogens is 1. The molecule has 1 unspecified atom stereocenters. The van der Waals surface area contributed by atoms with Crippen molar-refractivity contribution in [1.29, 1.82) is 0 Å². The second kappa shape index (κ2) is 6.09. The fourth-order valence-corrected chi connectivity index (χ4v) is 2.59. The molecule has 1 aliphatic rings. The molecule has 0 saturated carbocycles. The zero-order chi connectivity index (χ0) is 15.6. The largest absolute Gasteiger partial charge is 0.357 e. The number of rotatable bonds is 3. The standard InChI is InChI=1S/C13H14ClN3O4/c1-15-12(18)10-3-2-6-16(10)13(19)8-4-5-9(14)11(7-8)17(20)21/h4-5,7,10H,2-3,6H2,1H3,(H,15,18). The summed E-state index contributed by atoms with van der Waals surface area (Å²) < 4.78 is 0. The highest BCUT2D eigenvalue weighted by molar-refractivity contribution is 6.32. The highest BCUT2D eigenvalue weighted by atomic mass is 35.5. The van der Waals surface area contributed by atoms with Crippen LogP contribution in [0.25, 0.3) is 0 Å². The Morgan fingerprint density at radius 3 is 2.81 bits per heavy atom. The molecule has 8 heteroatoms. The smallest absolute Gasteiger partial charge is 0.288 e. The van der Waals surface area contributed by atoms with Crippen molar-refractivity contribution in [2.45, 2.75) is 18.9 Å². The molecule has 0 aromatic heterocycles. The van der Waals surface area contributed by atoms with Gasteiger partial charge in [0.1, 0.15) is 11.1 Å². The molecule has 7 nitrogen and oxygen atoms in total. The number of benzene rings is 1. The maximum Gasteiger partial charge on any atom is 0.288 e. The minimum atomic E-state index is -0.640. The second-order valence-corrected chi connectivity index (χ2v) is 5.10. The molecule has 1 aliphatic heterocycles. The van der Waals surface area contributed by atoms with Gasteiger partial charge in [-0.25, -0.2) is 0 Å². The van der Waals surface area contributed by atoms with Gasteiger partial charge >= 0.3 is 0 Å². The number of hydrogen-bond acceptors (Lipinski definition) is 4. The third-order valence-electron chi connectivity index (χ3n) is 3.45. The summed E-state index contributed by atoms with van der Waals surface area (Å²) in [5.41, 5.74) is -0.167. The molecule has 0 aliphatic carbocycles. The molecule has 1 atom stereocenters. The summed E-state index contributed by atoms with van der Waals surface area (Å²) in [6.07, 6.45) is 1.31. The second-order valence-electron chi connectivity index (χ2n) is 4.69. The number of likely N-dealkylation sites (tertiary alicyclic amines) is 1. The maximum absolute atomic E-state index is 12.4. The first-order valence-corrected chi connectivity index (χ1v) is 6.80. The monoisotopic (exact) mass is 311 g/mol. The molecular weight excluding hydrogens is 298 g/mol. The third kappa shape index (κ3) is 2.97. The summed E-state index contributed by atoms with van der Waals surface area (Å²) in [4.78, 5) is 35.9. The third-order valence-corrected chi connectivity index (χ3v) is 3.77. The Hall–Kier alpha value is -2.15. The lowest BCUT2D eigenvalue weighted by Crippen LogP contribution is -2.44. The summed E-state index contributed by atoms with van der Waals surface area (Å²) in [6, 6.07) is 3.36. The van der Waals surface area contributed by atoms with Crippen molar-refractivity contribution in [3.63, 3.8) is 0 Å². The summed E-state index contributed by atoms with van der Waals surface area (Å²) in [5, 5.41) is 13.4. The minimum Gasteiger partial charge on any atom is -0.357 e. The van der Waals surface area contributed by atoms with E-state index in [4.69, 9.17) is 11.6 Å². The van der Waals surface area contributed by atoms with E-state index >= 15 is 0 Å². The predicted molar refractivity (Wildman–Crippen MR) is 76.2 cm³/mol. The quantitative estimate of drug-likeness (QED) is 0.678. The van der Waals surface area contributed by atoms with E-state index in [1.54, 1.807) is 0 Å². The molecule has 2 rings (SSSR count). The van der Waals surface area contributed by atoms with Crippen LogP contribution >= 0.6 is 11.6 Å². The van der Waals surface area contributed by atoms with Crippen LogP contribution in [0.15, 0.2) is 18.2 Å². The van der Waals surface area contributed by atoms with Gasteiger partial charge in [-0.3, -0.25) is 19.7 Å². The van der Waals surface area contributed by atoms with Crippen LogP contribution in [0.3, 0.4) is 0 Å². The van der Waals surface area contributed by atoms with E-state index < -0.39 is 16.9 Å². The molecular formula is C13H14ClN3O4. The van der Waals surface area contributed by atoms with Gasteiger partial charge < -0.3 is 10.2 Å². The Labute approximate surface area is 126 Å². The van der Waals surface area contributed by atoms with E-state index in [-0.39, 0.29) is 22.2 Å². The topological polar surface area (TPSA) is 92.6 Å². The van der Waals surface area contributed by atoms with Gasteiger partial charge in [-0.1, -0.05) is 11.6 Å². The zero-order valence-electron chi connectivity index (χ0n) is 11.3. The minimum absolute atomic E-state index is 0.0270. The van der Waals surface area contributed by atoms with Crippen molar-refractivity contribution >= 4 is 29.1 Å². The summed E-state index contributed by atoms with van der Waals surface area (Å²) in [7, 11) is 1.51. The number of carbonyl (C=O) groups is 2. The van der Waals surface area contributed by atoms with Gasteiger partial charge in [0.25, 0.3) is 11.6 Å². The van der Waals surface area contributed by atoms with Gasteiger partial charge in [-0.05, 0) is 25.0 Å². The number of carbonyl (C=O) groups excluding carboxylic acids is 2. The first kappa shape index (κ1) is 15.2. The lowest BCUT2D eigenvalue weighted by Gasteiger charge is -2.23. The van der Waals surface area contributed by atoms with Crippen molar-refractivity contribution in [1.82, 2.24) is 10.2 Å². The Bertz CT molecular complexity index is 605. The molecule has 1 N–H and O–H groups in total. The van der Waals surface area contributed by atoms with Crippen molar-refractivity contribution in [2.24, 2.45) is 0 Å². The number of likely N-dealkylation sites (N-methyl/N-ethyl adjacent to an activating group) is 1. The molecule has 2 amide bonds. The van der Waals surface area contributed by atoms with Gasteiger partial charge in [0.15, 0.2) is 0 Å². The molecule has 1 heterocycles. The zero-order valence-corrected chi connectivity index (χ0v) is 12.1. The molecule has 1 fully saturated rings. The Balaban J connectivity index is 2.29. The van der Waals surface area contributed by atoms with Crippen LogP contribution in [-0.2, 0) is 4.79 Å². The van der Waals surface area contributed by atoms with E-state index in [1.807, 2.05) is 0 Å². The average molecular weight is 312 g/mol. The van der Waals surface area contributed by atoms with Crippen molar-refractivity contribution in [3.8, 4) is 0 Å². The predicted octanol–water partition coefficient (Wildman–Crippen LogP) is 1.60. The summed E-state index contributed by atoms with van der Waals surface area (Å²) in [6.45, 7) is 0.452. The Morgan fingerprint density at radius 2 is 2.19 bits per heavy atom. The highest BCUT2D eigenvalue weighted by Crippen LogP contribution is 2.27. The van der Waals surface area contributed by atoms with Crippen LogP contribution < -0.4 is 5.32 Å². The van der Waals surface area contributed by atoms with Gasteiger partial charge in [-0.15, -0.1) is 0 Å². The fraction of sp³-hybridized carbons (Fsp3) is 0.385. The van der Waals surface area contributed by atoms with Crippen LogP contribution in [0.1, 0.15) is 23.2 Å². The first-order valence-electron chi connectivity index (χ1n) is 6.42. The van der Waals surface area contributed by atoms with Gasteiger partial charge in [-0.2, -0.15) is 0 Å². The molecule has 0 spiro atoms. The summed E-state index contributed by atoms with van der Waals surface area (Å²) in [5.74, 6) is -0.634. The van der Waals surface area contributed by atoms with Crippen LogP contribution in [-0.4, -0.2) is 41.3 Å². The van der Waals surface area contributed by atoms with Crippen molar-refractivity contribution < 1.29 is 14.5 Å². The first-order chi connectivity index (χ1) is 9.95. The number of amides is 2. The molecule has 1 aromatic carbocycles. The van der Waals surface area contributed by atoms with E-state index in [1.165, 1.54) is 24.1 Å². The molecule has 112 valence electrons. The van der Waals surface area contributed by atoms with E-state index in [0.29, 0.717) is 13.0 Å². The van der Waals surface area contributed by atoms with Crippen LogP contribution in [0.2, 0.25) is 5.02 Å². The van der Waals surface area contributed by atoms with E-state index in [2.05, 4.69) is 5.32 Å². The number of nitro groups is 1. The van der Waals surface area contributed by atoms with E-state index in [0.717, 1.165) is 12.5 Å². The summed E-state index contributed by atoms with van der Waals surface area (Å²) >= 11 is 5.73. The van der Waals surface area contributed by atoms with Gasteiger partial charge in [0.05, 0.1) is 4.92 Å². The Morgan fingerprint density at radius 1 is 1.48 bits per heavy atom. The van der Waals surface area contributed by atoms with Crippen molar-refractivity contribution in [3.05, 3.63) is 38.9 Å². The van der Waals surface area contributed by atoms with Gasteiger partial charge in [0.2, 0.25) is 5.91 Å². The average Bonchev–Trinajstić information content (AvgIpc) is 2.95. The fourth-order valence-electron chi connectivity index (χ4n) is 2.40. The maximum atomic E-state index is 12.4. The molecule has 1 saturated heterocycles.